The van der Waals surface area contributed by atoms with E-state index in [1.54, 1.807) is 11.8 Å². The van der Waals surface area contributed by atoms with Crippen LogP contribution in [0.3, 0.4) is 0 Å². The van der Waals surface area contributed by atoms with E-state index in [9.17, 15) is 5.11 Å². The Kier molecular flexibility index (Phi) is 15.5. The Labute approximate surface area is 130 Å². The summed E-state index contributed by atoms with van der Waals surface area (Å²) in [6.07, 6.45) is -0.165. The molecule has 0 saturated heterocycles. The van der Waals surface area contributed by atoms with Gasteiger partial charge >= 0.3 is 0 Å². The maximum Gasteiger partial charge on any atom is 0.0720 e. The summed E-state index contributed by atoms with van der Waals surface area (Å²) in [5.74, 6) is 8.81. The fourth-order valence-electron chi connectivity index (χ4n) is 1.13. The number of hydrogen-bond acceptors (Lipinski definition) is 6. The molecule has 104 valence electrons. The normalized spacial score (nSPS) is 14.8. The van der Waals surface area contributed by atoms with Crippen molar-refractivity contribution in [2.75, 3.05) is 46.0 Å². The highest BCUT2D eigenvalue weighted by molar-refractivity contribution is 8.01. The quantitative estimate of drug-likeness (QED) is 0.377. The highest BCUT2D eigenvalue weighted by Gasteiger charge is 2.07. The van der Waals surface area contributed by atoms with Crippen molar-refractivity contribution in [3.63, 3.8) is 0 Å². The molecular formula is C11H24OS5. The van der Waals surface area contributed by atoms with Crippen LogP contribution in [-0.4, -0.2) is 57.2 Å². The molecule has 0 bridgehead atoms. The molecule has 17 heavy (non-hydrogen) atoms. The van der Waals surface area contributed by atoms with Crippen LogP contribution in [0.5, 0.6) is 0 Å². The van der Waals surface area contributed by atoms with Crippen LogP contribution in [-0.2, 0) is 0 Å². The molecule has 0 heterocycles. The molecule has 1 nitrogen and oxygen atoms in total. The Morgan fingerprint density at radius 1 is 0.882 bits per heavy atom. The second-order valence-electron chi connectivity index (χ2n) is 3.89. The Balaban J connectivity index is 3.29. The van der Waals surface area contributed by atoms with Crippen molar-refractivity contribution in [3.05, 3.63) is 0 Å². The lowest BCUT2D eigenvalue weighted by atomic mass is 10.3. The van der Waals surface area contributed by atoms with Gasteiger partial charge in [-0.1, -0.05) is 6.92 Å². The summed E-state index contributed by atoms with van der Waals surface area (Å²) in [6.45, 7) is 2.28. The molecule has 0 aromatic heterocycles. The Morgan fingerprint density at radius 3 is 1.94 bits per heavy atom. The third-order valence-corrected chi connectivity index (χ3v) is 6.78. The lowest BCUT2D eigenvalue weighted by Crippen LogP contribution is -2.15. The van der Waals surface area contributed by atoms with Crippen LogP contribution in [0.25, 0.3) is 0 Å². The van der Waals surface area contributed by atoms with Crippen molar-refractivity contribution in [2.45, 2.75) is 13.0 Å². The van der Waals surface area contributed by atoms with E-state index >= 15 is 0 Å². The minimum Gasteiger partial charge on any atom is -0.391 e. The first-order valence-corrected chi connectivity index (χ1v) is 10.6. The average molecular weight is 333 g/mol. The van der Waals surface area contributed by atoms with Crippen molar-refractivity contribution in [3.8, 4) is 0 Å². The molecule has 0 rings (SSSR count). The summed E-state index contributed by atoms with van der Waals surface area (Å²) in [7, 11) is 0. The summed E-state index contributed by atoms with van der Waals surface area (Å²) < 4.78 is 0. The van der Waals surface area contributed by atoms with E-state index in [-0.39, 0.29) is 6.10 Å². The van der Waals surface area contributed by atoms with Crippen molar-refractivity contribution < 1.29 is 5.11 Å². The SMILES string of the molecule is CC(CSCCS)CSCC(O)CSCCS. The van der Waals surface area contributed by atoms with Crippen molar-refractivity contribution in [2.24, 2.45) is 5.92 Å². The van der Waals surface area contributed by atoms with Gasteiger partial charge in [0.2, 0.25) is 0 Å². The molecule has 1 N–H and O–H groups in total. The molecule has 0 aliphatic carbocycles. The molecule has 0 radical (unpaired) electrons. The van der Waals surface area contributed by atoms with Gasteiger partial charge in [-0.15, -0.1) is 0 Å². The van der Waals surface area contributed by atoms with Crippen molar-refractivity contribution in [1.29, 1.82) is 0 Å². The van der Waals surface area contributed by atoms with Gasteiger partial charge in [-0.05, 0) is 28.9 Å². The molecule has 2 atom stereocenters. The van der Waals surface area contributed by atoms with E-state index in [0.717, 1.165) is 46.2 Å². The number of aliphatic hydroxyl groups is 1. The zero-order valence-electron chi connectivity index (χ0n) is 10.4. The van der Waals surface area contributed by atoms with Gasteiger partial charge in [0.05, 0.1) is 6.10 Å². The number of thiol groups is 2. The maximum atomic E-state index is 9.72. The van der Waals surface area contributed by atoms with E-state index in [4.69, 9.17) is 0 Å². The minimum atomic E-state index is -0.165. The molecule has 0 amide bonds. The van der Waals surface area contributed by atoms with E-state index in [1.807, 2.05) is 23.5 Å². The van der Waals surface area contributed by atoms with Crippen LogP contribution in [0.2, 0.25) is 0 Å². The average Bonchev–Trinajstić information content (AvgIpc) is 2.30. The fourth-order valence-corrected chi connectivity index (χ4v) is 4.76. The van der Waals surface area contributed by atoms with E-state index in [1.165, 1.54) is 5.75 Å². The van der Waals surface area contributed by atoms with E-state index in [2.05, 4.69) is 32.2 Å². The first kappa shape index (κ1) is 18.7. The second-order valence-corrected chi connectivity index (χ2v) is 8.16. The minimum absolute atomic E-state index is 0.165. The predicted molar refractivity (Wildman–Crippen MR) is 94.9 cm³/mol. The molecule has 6 heteroatoms. The standard InChI is InChI=1S/C11H24OS5/c1-10(6-15-4-2-13)7-17-9-11(12)8-16-5-3-14/h10-14H,2-9H2,1H3. The summed E-state index contributed by atoms with van der Waals surface area (Å²) in [6, 6.07) is 0. The van der Waals surface area contributed by atoms with Crippen LogP contribution in [0.15, 0.2) is 0 Å². The Bertz CT molecular complexity index is 143. The van der Waals surface area contributed by atoms with Gasteiger partial charge in [-0.3, -0.25) is 0 Å². The topological polar surface area (TPSA) is 20.2 Å². The van der Waals surface area contributed by atoms with Gasteiger partial charge in [0.15, 0.2) is 0 Å². The highest BCUT2D eigenvalue weighted by atomic mass is 32.2. The molecule has 0 spiro atoms. The molecule has 0 aromatic carbocycles. The lowest BCUT2D eigenvalue weighted by Gasteiger charge is -2.13. The molecule has 0 saturated carbocycles. The zero-order chi connectivity index (χ0) is 12.9. The number of rotatable bonds is 12. The van der Waals surface area contributed by atoms with Crippen LogP contribution < -0.4 is 0 Å². The summed E-state index contributed by atoms with van der Waals surface area (Å²) in [4.78, 5) is 0. The van der Waals surface area contributed by atoms with Crippen LogP contribution in [0.1, 0.15) is 6.92 Å². The van der Waals surface area contributed by atoms with Gasteiger partial charge in [-0.25, -0.2) is 0 Å². The highest BCUT2D eigenvalue weighted by Crippen LogP contribution is 2.16. The first-order chi connectivity index (χ1) is 8.20. The number of hydrogen-bond donors (Lipinski definition) is 3. The first-order valence-electron chi connectivity index (χ1n) is 5.83. The predicted octanol–water partition coefficient (Wildman–Crippen LogP) is 3.04. The molecule has 0 aliphatic heterocycles. The van der Waals surface area contributed by atoms with Crippen molar-refractivity contribution in [1.82, 2.24) is 0 Å². The smallest absolute Gasteiger partial charge is 0.0720 e. The molecule has 0 aliphatic rings. The third-order valence-electron chi connectivity index (χ3n) is 1.90. The fraction of sp³-hybridized carbons (Fsp3) is 1.00. The van der Waals surface area contributed by atoms with Crippen LogP contribution in [0.4, 0.5) is 0 Å². The van der Waals surface area contributed by atoms with Gasteiger partial charge in [-0.2, -0.15) is 60.5 Å². The second kappa shape index (κ2) is 14.1. The largest absolute Gasteiger partial charge is 0.391 e. The van der Waals surface area contributed by atoms with E-state index in [0.29, 0.717) is 0 Å². The van der Waals surface area contributed by atoms with Gasteiger partial charge < -0.3 is 5.11 Å². The lowest BCUT2D eigenvalue weighted by molar-refractivity contribution is 0.225. The van der Waals surface area contributed by atoms with Crippen molar-refractivity contribution >= 4 is 60.5 Å². The van der Waals surface area contributed by atoms with Gasteiger partial charge in [0.25, 0.3) is 0 Å². The molecular weight excluding hydrogens is 308 g/mol. The van der Waals surface area contributed by atoms with Crippen LogP contribution in [0, 0.1) is 5.92 Å². The number of thioether (sulfide) groups is 3. The summed E-state index contributed by atoms with van der Waals surface area (Å²) in [5.41, 5.74) is 0. The summed E-state index contributed by atoms with van der Waals surface area (Å²) in [5, 5.41) is 9.72. The van der Waals surface area contributed by atoms with Gasteiger partial charge in [0, 0.05) is 23.0 Å². The van der Waals surface area contributed by atoms with Crippen LogP contribution >= 0.6 is 60.5 Å². The Morgan fingerprint density at radius 2 is 1.35 bits per heavy atom. The Hall–Kier alpha value is 1.71. The van der Waals surface area contributed by atoms with E-state index < -0.39 is 0 Å². The molecule has 0 fully saturated rings. The third kappa shape index (κ3) is 13.9. The monoisotopic (exact) mass is 332 g/mol. The zero-order valence-corrected chi connectivity index (χ0v) is 14.6. The number of aliphatic hydroxyl groups excluding tert-OH is 1. The molecule has 0 aromatic rings. The van der Waals surface area contributed by atoms with Gasteiger partial charge in [0.1, 0.15) is 0 Å². The summed E-state index contributed by atoms with van der Waals surface area (Å²) >= 11 is 14.0. The molecule has 2 unspecified atom stereocenters. The maximum absolute atomic E-state index is 9.72.